The average Bonchev–Trinajstić information content (AvgIpc) is 2.99. The van der Waals surface area contributed by atoms with E-state index in [4.69, 9.17) is 4.74 Å². The Morgan fingerprint density at radius 2 is 2.22 bits per heavy atom. The molecule has 0 bridgehead atoms. The molecule has 0 aliphatic carbocycles. The number of hydrogen-bond acceptors (Lipinski definition) is 5. The summed E-state index contributed by atoms with van der Waals surface area (Å²) in [6.45, 7) is 1.66. The Bertz CT molecular complexity index is 644. The van der Waals surface area contributed by atoms with Crippen molar-refractivity contribution in [1.29, 1.82) is 0 Å². The zero-order valence-corrected chi connectivity index (χ0v) is 12.8. The van der Waals surface area contributed by atoms with Gasteiger partial charge in [0.05, 0.1) is 18.0 Å². The van der Waals surface area contributed by atoms with E-state index in [1.807, 2.05) is 18.2 Å². The lowest BCUT2D eigenvalue weighted by molar-refractivity contribution is -0.751. The number of aryl methyl sites for hydroxylation is 1. The molecule has 7 heteroatoms. The third kappa shape index (κ3) is 4.29. The molecule has 0 saturated carbocycles. The summed E-state index contributed by atoms with van der Waals surface area (Å²) in [5, 5.41) is 14.4. The predicted octanol–water partition coefficient (Wildman–Crippen LogP) is -0.104. The molecule has 2 heterocycles. The van der Waals surface area contributed by atoms with Crippen LogP contribution in [0.4, 0.5) is 0 Å². The van der Waals surface area contributed by atoms with E-state index in [0.717, 1.165) is 12.8 Å². The number of amides is 1. The number of morpholine rings is 1. The van der Waals surface area contributed by atoms with Gasteiger partial charge in [-0.05, 0) is 18.4 Å². The molecular weight excluding hydrogens is 298 g/mol. The van der Waals surface area contributed by atoms with Crippen LogP contribution < -0.4 is 9.79 Å². The highest BCUT2D eigenvalue weighted by atomic mass is 16.6. The number of nitrogens with zero attached hydrogens (tertiary/aromatic N) is 3. The maximum absolute atomic E-state index is 12.3. The number of carbonyl (C=O) groups excluding carboxylic acids is 1. The summed E-state index contributed by atoms with van der Waals surface area (Å²) < 4.78 is 11.4. The van der Waals surface area contributed by atoms with E-state index >= 15 is 0 Å². The summed E-state index contributed by atoms with van der Waals surface area (Å²) in [7, 11) is 0. The zero-order valence-electron chi connectivity index (χ0n) is 12.8. The Kier molecular flexibility index (Phi) is 4.87. The maximum atomic E-state index is 12.3. The second kappa shape index (κ2) is 7.23. The third-order valence-electron chi connectivity index (χ3n) is 3.88. The summed E-state index contributed by atoms with van der Waals surface area (Å²) in [5.41, 5.74) is 1.26. The Balaban J connectivity index is 1.50. The Labute approximate surface area is 134 Å². The van der Waals surface area contributed by atoms with Crippen molar-refractivity contribution >= 4 is 5.91 Å². The lowest BCUT2D eigenvalue weighted by atomic mass is 10.1. The van der Waals surface area contributed by atoms with E-state index in [9.17, 15) is 9.90 Å². The molecule has 1 unspecified atom stereocenters. The molecule has 1 atom stereocenters. The SMILES string of the molecule is O=C(C[n+]1cc([O-])on1)N1CCOC(CCc2ccccc2)C1. The van der Waals surface area contributed by atoms with Crippen LogP contribution >= 0.6 is 0 Å². The van der Waals surface area contributed by atoms with Crippen LogP contribution in [0.2, 0.25) is 0 Å². The van der Waals surface area contributed by atoms with E-state index in [1.54, 1.807) is 4.90 Å². The van der Waals surface area contributed by atoms with Gasteiger partial charge in [0.1, 0.15) is 5.95 Å². The van der Waals surface area contributed by atoms with Gasteiger partial charge < -0.3 is 19.3 Å². The first-order valence-electron chi connectivity index (χ1n) is 7.67. The molecule has 1 aliphatic rings. The second-order valence-electron chi connectivity index (χ2n) is 5.58. The van der Waals surface area contributed by atoms with Gasteiger partial charge in [-0.2, -0.15) is 0 Å². The molecule has 1 aromatic carbocycles. The van der Waals surface area contributed by atoms with Gasteiger partial charge in [-0.15, -0.1) is 0 Å². The van der Waals surface area contributed by atoms with E-state index in [-0.39, 0.29) is 18.6 Å². The minimum Gasteiger partial charge on any atom is -0.539 e. The predicted molar refractivity (Wildman–Crippen MR) is 77.2 cm³/mol. The van der Waals surface area contributed by atoms with Gasteiger partial charge in [0.2, 0.25) is 6.20 Å². The fourth-order valence-corrected chi connectivity index (χ4v) is 2.67. The molecule has 0 radical (unpaired) electrons. The van der Waals surface area contributed by atoms with Crippen LogP contribution in [0.15, 0.2) is 41.1 Å². The first kappa shape index (κ1) is 15.5. The average molecular weight is 317 g/mol. The molecule has 1 saturated heterocycles. The molecule has 122 valence electrons. The Morgan fingerprint density at radius 1 is 1.39 bits per heavy atom. The van der Waals surface area contributed by atoms with Gasteiger partial charge in [-0.1, -0.05) is 35.0 Å². The number of ether oxygens (including phenoxy) is 1. The monoisotopic (exact) mass is 317 g/mol. The van der Waals surface area contributed by atoms with Gasteiger partial charge in [-0.25, -0.2) is 0 Å². The van der Waals surface area contributed by atoms with E-state index in [2.05, 4.69) is 21.9 Å². The van der Waals surface area contributed by atoms with Crippen molar-refractivity contribution < 1.29 is 23.8 Å². The van der Waals surface area contributed by atoms with Crippen LogP contribution in [0.25, 0.3) is 0 Å². The molecule has 2 aromatic rings. The van der Waals surface area contributed by atoms with Gasteiger partial charge in [0.15, 0.2) is 0 Å². The van der Waals surface area contributed by atoms with Gasteiger partial charge in [0, 0.05) is 13.1 Å². The van der Waals surface area contributed by atoms with Crippen molar-refractivity contribution in [2.24, 2.45) is 0 Å². The minimum absolute atomic E-state index is 0.0111. The van der Waals surface area contributed by atoms with Gasteiger partial charge >= 0.3 is 0 Å². The fraction of sp³-hybridized carbons (Fsp3) is 0.438. The number of benzene rings is 1. The van der Waals surface area contributed by atoms with Crippen LogP contribution in [0.3, 0.4) is 0 Å². The lowest BCUT2D eigenvalue weighted by Gasteiger charge is -2.32. The normalized spacial score (nSPS) is 18.1. The standard InChI is InChI=1S/C16H19N3O4/c20-15(11-19-12-16(21)23-17-19)18-8-9-22-14(10-18)7-6-13-4-2-1-3-5-13/h1-5,12,14H,6-11H2. The minimum atomic E-state index is -0.555. The molecule has 23 heavy (non-hydrogen) atoms. The Hall–Kier alpha value is -2.41. The van der Waals surface area contributed by atoms with Crippen molar-refractivity contribution in [3.05, 3.63) is 42.1 Å². The Morgan fingerprint density at radius 3 is 2.96 bits per heavy atom. The fourth-order valence-electron chi connectivity index (χ4n) is 2.67. The molecular formula is C16H19N3O4. The van der Waals surface area contributed by atoms with Crippen LogP contribution in [0.5, 0.6) is 5.95 Å². The third-order valence-corrected chi connectivity index (χ3v) is 3.88. The van der Waals surface area contributed by atoms with Gasteiger partial charge in [0.25, 0.3) is 12.5 Å². The molecule has 0 N–H and O–H groups in total. The van der Waals surface area contributed by atoms with E-state index < -0.39 is 5.95 Å². The van der Waals surface area contributed by atoms with Crippen molar-refractivity contribution in [2.75, 3.05) is 19.7 Å². The second-order valence-corrected chi connectivity index (χ2v) is 5.58. The van der Waals surface area contributed by atoms with Crippen molar-refractivity contribution in [2.45, 2.75) is 25.5 Å². The summed E-state index contributed by atoms with van der Waals surface area (Å²) in [6.07, 6.45) is 3.00. The molecule has 3 rings (SSSR count). The molecule has 1 fully saturated rings. The molecule has 1 amide bonds. The largest absolute Gasteiger partial charge is 0.539 e. The van der Waals surface area contributed by atoms with Crippen molar-refractivity contribution in [1.82, 2.24) is 10.2 Å². The summed E-state index contributed by atoms with van der Waals surface area (Å²) >= 11 is 0. The molecule has 7 nitrogen and oxygen atoms in total. The zero-order chi connectivity index (χ0) is 16.1. The molecule has 1 aliphatic heterocycles. The van der Waals surface area contributed by atoms with Crippen molar-refractivity contribution in [3.8, 4) is 5.95 Å². The summed E-state index contributed by atoms with van der Waals surface area (Å²) in [5.74, 6) is -0.642. The highest BCUT2D eigenvalue weighted by molar-refractivity contribution is 5.74. The van der Waals surface area contributed by atoms with Crippen molar-refractivity contribution in [3.63, 3.8) is 0 Å². The quantitative estimate of drug-likeness (QED) is 0.719. The maximum Gasteiger partial charge on any atom is 0.291 e. The smallest absolute Gasteiger partial charge is 0.291 e. The van der Waals surface area contributed by atoms with Gasteiger partial charge in [-0.3, -0.25) is 4.79 Å². The highest BCUT2D eigenvalue weighted by Crippen LogP contribution is 2.13. The first-order chi connectivity index (χ1) is 11.2. The summed E-state index contributed by atoms with van der Waals surface area (Å²) in [4.78, 5) is 14.0. The topological polar surface area (TPSA) is 82.5 Å². The summed E-state index contributed by atoms with van der Waals surface area (Å²) in [6, 6.07) is 10.2. The number of rotatable bonds is 5. The van der Waals surface area contributed by atoms with Crippen LogP contribution in [-0.2, 0) is 22.5 Å². The van der Waals surface area contributed by atoms with Crippen LogP contribution in [0.1, 0.15) is 12.0 Å². The molecule has 0 spiro atoms. The van der Waals surface area contributed by atoms with E-state index in [1.165, 1.54) is 16.4 Å². The van der Waals surface area contributed by atoms with Crippen LogP contribution in [-0.4, -0.2) is 41.9 Å². The lowest BCUT2D eigenvalue weighted by Crippen LogP contribution is -2.51. The first-order valence-corrected chi connectivity index (χ1v) is 7.67. The van der Waals surface area contributed by atoms with Crippen LogP contribution in [0, 0.1) is 0 Å². The van der Waals surface area contributed by atoms with E-state index in [0.29, 0.717) is 19.7 Å². The molecule has 1 aromatic heterocycles. The number of carbonyl (C=O) groups is 1. The number of aromatic nitrogens is 2. The highest BCUT2D eigenvalue weighted by Gasteiger charge is 2.26. The number of hydrogen-bond donors (Lipinski definition) is 0.